The topological polar surface area (TPSA) is 12.4 Å². The third-order valence-corrected chi connectivity index (χ3v) is 1.70. The third kappa shape index (κ3) is 2.15. The van der Waals surface area contributed by atoms with Crippen LogP contribution in [0.1, 0.15) is 0 Å². The van der Waals surface area contributed by atoms with Crippen LogP contribution in [0.25, 0.3) is 0 Å². The van der Waals surface area contributed by atoms with Crippen molar-refractivity contribution >= 4 is 11.4 Å². The second-order valence-electron chi connectivity index (χ2n) is 2.70. The van der Waals surface area contributed by atoms with E-state index in [0.717, 1.165) is 11.4 Å². The monoisotopic (exact) mass is 167 g/mol. The van der Waals surface area contributed by atoms with Crippen LogP contribution in [0.3, 0.4) is 0 Å². The average Bonchev–Trinajstić information content (AvgIpc) is 2.21. The summed E-state index contributed by atoms with van der Waals surface area (Å²) < 4.78 is 0. The van der Waals surface area contributed by atoms with Crippen LogP contribution < -0.4 is 0 Å². The Morgan fingerprint density at radius 2 is 1.85 bits per heavy atom. The summed E-state index contributed by atoms with van der Waals surface area (Å²) >= 11 is 0. The lowest BCUT2D eigenvalue weighted by Gasteiger charge is -1.99. The number of hydrogen-bond donors (Lipinski definition) is 0. The van der Waals surface area contributed by atoms with Gasteiger partial charge in [0.05, 0.1) is 11.4 Å². The predicted molar refractivity (Wildman–Crippen MR) is 54.8 cm³/mol. The van der Waals surface area contributed by atoms with Crippen molar-refractivity contribution in [3.63, 3.8) is 0 Å². The molecule has 0 saturated heterocycles. The highest BCUT2D eigenvalue weighted by Crippen LogP contribution is 2.12. The molecule has 1 aliphatic carbocycles. The first-order valence-corrected chi connectivity index (χ1v) is 4.19. The van der Waals surface area contributed by atoms with Crippen LogP contribution in [0, 0.1) is 12.5 Å². The molecule has 0 unspecified atom stereocenters. The fraction of sp³-hybridized carbons (Fsp3) is 0. The summed E-state index contributed by atoms with van der Waals surface area (Å²) in [5, 5.41) is 0. The molecule has 2 radical (unpaired) electrons. The van der Waals surface area contributed by atoms with Gasteiger partial charge in [0.2, 0.25) is 0 Å². The number of para-hydroxylation sites is 1. The first-order valence-electron chi connectivity index (χ1n) is 4.19. The molecule has 0 atom stereocenters. The van der Waals surface area contributed by atoms with Crippen molar-refractivity contribution in [1.29, 1.82) is 0 Å². The lowest BCUT2D eigenvalue weighted by molar-refractivity contribution is 1.50. The molecular weight excluding hydrogens is 158 g/mol. The standard InChI is InChI=1S/C12H9N/c1-3-7-11(8-4-1)13-12-9-5-2-6-10-12/h1-9H. The molecule has 1 aromatic rings. The number of aliphatic imine (C=N–C) groups is 1. The lowest BCUT2D eigenvalue weighted by Crippen LogP contribution is -1.94. The Kier molecular flexibility index (Phi) is 2.37. The number of nitrogens with zero attached hydrogens (tertiary/aromatic N) is 1. The second-order valence-corrected chi connectivity index (χ2v) is 2.70. The smallest absolute Gasteiger partial charge is 0.0633 e. The average molecular weight is 167 g/mol. The molecule has 0 amide bonds. The van der Waals surface area contributed by atoms with E-state index in [1.807, 2.05) is 55.0 Å². The van der Waals surface area contributed by atoms with Crippen molar-refractivity contribution in [2.75, 3.05) is 0 Å². The molecule has 0 aliphatic heterocycles. The van der Waals surface area contributed by atoms with E-state index in [1.54, 1.807) is 0 Å². The van der Waals surface area contributed by atoms with Gasteiger partial charge in [-0.05, 0) is 12.1 Å². The van der Waals surface area contributed by atoms with Crippen molar-refractivity contribution in [1.82, 2.24) is 0 Å². The Balaban J connectivity index is 2.21. The molecule has 0 fully saturated rings. The Morgan fingerprint density at radius 3 is 2.54 bits per heavy atom. The summed E-state index contributed by atoms with van der Waals surface area (Å²) in [4.78, 5) is 4.39. The van der Waals surface area contributed by atoms with Crippen molar-refractivity contribution in [3.8, 4) is 0 Å². The highest BCUT2D eigenvalue weighted by Gasteiger charge is 1.96. The maximum Gasteiger partial charge on any atom is 0.0633 e. The fourth-order valence-electron chi connectivity index (χ4n) is 1.10. The van der Waals surface area contributed by atoms with Gasteiger partial charge < -0.3 is 0 Å². The molecule has 62 valence electrons. The first kappa shape index (κ1) is 7.99. The maximum absolute atomic E-state index is 4.39. The highest BCUT2D eigenvalue weighted by atomic mass is 14.7. The minimum Gasteiger partial charge on any atom is -0.252 e. The van der Waals surface area contributed by atoms with Crippen LogP contribution in [0.5, 0.6) is 0 Å². The molecule has 0 heterocycles. The summed E-state index contributed by atoms with van der Waals surface area (Å²) in [5.41, 5.74) is 1.83. The molecule has 0 N–H and O–H groups in total. The van der Waals surface area contributed by atoms with E-state index >= 15 is 0 Å². The van der Waals surface area contributed by atoms with E-state index in [4.69, 9.17) is 0 Å². The van der Waals surface area contributed by atoms with Crippen LogP contribution in [0.15, 0.2) is 53.6 Å². The van der Waals surface area contributed by atoms with Gasteiger partial charge in [0.15, 0.2) is 0 Å². The third-order valence-electron chi connectivity index (χ3n) is 1.70. The van der Waals surface area contributed by atoms with Crippen LogP contribution in [-0.4, -0.2) is 5.71 Å². The number of hydrogen-bond acceptors (Lipinski definition) is 1. The van der Waals surface area contributed by atoms with E-state index in [9.17, 15) is 0 Å². The van der Waals surface area contributed by atoms with Gasteiger partial charge in [-0.25, -0.2) is 0 Å². The molecule has 0 bridgehead atoms. The lowest BCUT2D eigenvalue weighted by atomic mass is 10.1. The summed E-state index contributed by atoms with van der Waals surface area (Å²) in [5.74, 6) is 0. The number of rotatable bonds is 1. The van der Waals surface area contributed by atoms with Gasteiger partial charge in [0, 0.05) is 12.5 Å². The Bertz CT molecular complexity index is 358. The minimum absolute atomic E-state index is 0.869. The quantitative estimate of drug-likeness (QED) is 0.609. The molecule has 0 spiro atoms. The molecular formula is C12H9N. The molecule has 1 nitrogen and oxygen atoms in total. The van der Waals surface area contributed by atoms with Gasteiger partial charge >= 0.3 is 0 Å². The van der Waals surface area contributed by atoms with E-state index in [-0.39, 0.29) is 0 Å². The molecule has 1 heteroatoms. The van der Waals surface area contributed by atoms with E-state index in [2.05, 4.69) is 11.1 Å². The Labute approximate surface area is 78.1 Å². The van der Waals surface area contributed by atoms with E-state index in [0.29, 0.717) is 0 Å². The molecule has 1 aromatic carbocycles. The van der Waals surface area contributed by atoms with Crippen molar-refractivity contribution in [2.24, 2.45) is 4.99 Å². The van der Waals surface area contributed by atoms with Crippen LogP contribution >= 0.6 is 0 Å². The summed E-state index contributed by atoms with van der Waals surface area (Å²) in [6.07, 6.45) is 10.7. The fourth-order valence-corrected chi connectivity index (χ4v) is 1.10. The Hall–Kier alpha value is -1.63. The minimum atomic E-state index is 0.869. The molecule has 1 aliphatic rings. The molecule has 13 heavy (non-hydrogen) atoms. The van der Waals surface area contributed by atoms with Crippen LogP contribution in [0.4, 0.5) is 5.69 Å². The number of benzene rings is 1. The van der Waals surface area contributed by atoms with Gasteiger partial charge in [-0.15, -0.1) is 0 Å². The maximum atomic E-state index is 4.39. The van der Waals surface area contributed by atoms with Crippen LogP contribution in [0.2, 0.25) is 0 Å². The summed E-state index contributed by atoms with van der Waals surface area (Å²) in [7, 11) is 0. The van der Waals surface area contributed by atoms with E-state index in [1.165, 1.54) is 0 Å². The van der Waals surface area contributed by atoms with Crippen molar-refractivity contribution < 1.29 is 0 Å². The van der Waals surface area contributed by atoms with Gasteiger partial charge in [0.1, 0.15) is 0 Å². The second kappa shape index (κ2) is 3.85. The first-order chi connectivity index (χ1) is 6.45. The normalized spacial score (nSPS) is 18.0. The van der Waals surface area contributed by atoms with Crippen molar-refractivity contribution in [2.45, 2.75) is 0 Å². The zero-order valence-electron chi connectivity index (χ0n) is 7.14. The Morgan fingerprint density at radius 1 is 1.00 bits per heavy atom. The SMILES string of the molecule is [C]1=CC=C[CH]C1=Nc1ccccc1. The van der Waals surface area contributed by atoms with Gasteiger partial charge in [0.25, 0.3) is 0 Å². The summed E-state index contributed by atoms with van der Waals surface area (Å²) in [6.45, 7) is 0. The largest absolute Gasteiger partial charge is 0.252 e. The van der Waals surface area contributed by atoms with Crippen molar-refractivity contribution in [3.05, 3.63) is 61.1 Å². The van der Waals surface area contributed by atoms with Crippen LogP contribution in [-0.2, 0) is 0 Å². The highest BCUT2D eigenvalue weighted by molar-refractivity contribution is 6.02. The van der Waals surface area contributed by atoms with E-state index < -0.39 is 0 Å². The zero-order chi connectivity index (χ0) is 8.93. The molecule has 2 rings (SSSR count). The summed E-state index contributed by atoms with van der Waals surface area (Å²) in [6, 6.07) is 9.87. The van der Waals surface area contributed by atoms with Gasteiger partial charge in [-0.3, -0.25) is 4.99 Å². The predicted octanol–water partition coefficient (Wildman–Crippen LogP) is 2.89. The molecule has 0 aromatic heterocycles. The van der Waals surface area contributed by atoms with Gasteiger partial charge in [-0.1, -0.05) is 36.4 Å². The molecule has 0 saturated carbocycles. The number of allylic oxidation sites excluding steroid dienone is 4. The zero-order valence-corrected chi connectivity index (χ0v) is 7.14. The van der Waals surface area contributed by atoms with Gasteiger partial charge in [-0.2, -0.15) is 0 Å².